The van der Waals surface area contributed by atoms with Crippen LogP contribution in [0, 0.1) is 30.7 Å². The van der Waals surface area contributed by atoms with E-state index < -0.39 is 9.85 Å². The molecule has 0 amide bonds. The molecular weight excluding hydrogens is 303 g/mol. The molecule has 1 aromatic rings. The van der Waals surface area contributed by atoms with Crippen molar-refractivity contribution in [2.45, 2.75) is 6.92 Å². The highest BCUT2D eigenvalue weighted by Crippen LogP contribution is 2.29. The van der Waals surface area contributed by atoms with Crippen LogP contribution in [0.4, 0.5) is 11.4 Å². The first-order chi connectivity index (χ1) is 6.43. The Bertz CT molecular complexity index is 383. The second kappa shape index (κ2) is 3.86. The molecule has 7 heteroatoms. The van der Waals surface area contributed by atoms with Crippen LogP contribution < -0.4 is 0 Å². The monoisotopic (exact) mass is 308 g/mol. The van der Waals surface area contributed by atoms with Crippen molar-refractivity contribution < 1.29 is 9.85 Å². The molecule has 0 radical (unpaired) electrons. The minimum atomic E-state index is -0.621. The quantitative estimate of drug-likeness (QED) is 0.477. The lowest BCUT2D eigenvalue weighted by Crippen LogP contribution is -1.98. The van der Waals surface area contributed by atoms with Crippen molar-refractivity contribution in [3.63, 3.8) is 0 Å². The van der Waals surface area contributed by atoms with Gasteiger partial charge in [0.25, 0.3) is 11.4 Å². The molecule has 74 valence electrons. The van der Waals surface area contributed by atoms with Gasteiger partial charge >= 0.3 is 0 Å². The lowest BCUT2D eigenvalue weighted by Gasteiger charge is -1.99. The predicted molar refractivity (Wildman–Crippen MR) is 57.2 cm³/mol. The number of hydrogen-bond donors (Lipinski definition) is 0. The van der Waals surface area contributed by atoms with Crippen molar-refractivity contribution >= 4 is 34.0 Å². The van der Waals surface area contributed by atoms with Crippen LogP contribution in [0.3, 0.4) is 0 Å². The van der Waals surface area contributed by atoms with Crippen molar-refractivity contribution in [1.29, 1.82) is 0 Å². The first kappa shape index (κ1) is 10.8. The molecule has 0 N–H and O–H groups in total. The summed E-state index contributed by atoms with van der Waals surface area (Å²) in [6.07, 6.45) is 0. The van der Waals surface area contributed by atoms with Gasteiger partial charge in [0.15, 0.2) is 0 Å². The fourth-order valence-corrected chi connectivity index (χ4v) is 1.62. The summed E-state index contributed by atoms with van der Waals surface area (Å²) < 4.78 is 0.478. The van der Waals surface area contributed by atoms with E-state index in [-0.39, 0.29) is 16.9 Å². The zero-order valence-electron chi connectivity index (χ0n) is 7.06. The molecule has 0 saturated heterocycles. The number of hydrogen-bond acceptors (Lipinski definition) is 4. The van der Waals surface area contributed by atoms with Gasteiger partial charge in [0, 0.05) is 15.7 Å². The average molecular weight is 308 g/mol. The number of nitrogens with zero attached hydrogens (tertiary/aromatic N) is 2. The van der Waals surface area contributed by atoms with E-state index in [0.717, 1.165) is 0 Å². The van der Waals surface area contributed by atoms with Gasteiger partial charge in [0.2, 0.25) is 0 Å². The van der Waals surface area contributed by atoms with E-state index in [9.17, 15) is 20.2 Å². The molecule has 0 bridgehead atoms. The van der Waals surface area contributed by atoms with Crippen LogP contribution in [0.15, 0.2) is 12.1 Å². The highest BCUT2D eigenvalue weighted by Gasteiger charge is 2.22. The van der Waals surface area contributed by atoms with E-state index in [1.165, 1.54) is 19.1 Å². The zero-order chi connectivity index (χ0) is 10.9. The molecule has 14 heavy (non-hydrogen) atoms. The third-order valence-electron chi connectivity index (χ3n) is 1.71. The molecule has 0 heterocycles. The molecule has 0 aliphatic carbocycles. The Morgan fingerprint density at radius 3 is 1.79 bits per heavy atom. The zero-order valence-corrected chi connectivity index (χ0v) is 9.22. The van der Waals surface area contributed by atoms with Crippen molar-refractivity contribution in [2.75, 3.05) is 0 Å². The lowest BCUT2D eigenvalue weighted by atomic mass is 10.1. The maximum Gasteiger partial charge on any atom is 0.280 e. The van der Waals surface area contributed by atoms with Gasteiger partial charge in [0.1, 0.15) is 5.56 Å². The van der Waals surface area contributed by atoms with Gasteiger partial charge in [-0.05, 0) is 29.5 Å². The van der Waals surface area contributed by atoms with Crippen LogP contribution in [-0.4, -0.2) is 9.85 Å². The van der Waals surface area contributed by atoms with E-state index in [0.29, 0.717) is 3.57 Å². The highest BCUT2D eigenvalue weighted by atomic mass is 127. The van der Waals surface area contributed by atoms with Crippen molar-refractivity contribution in [3.8, 4) is 0 Å². The predicted octanol–water partition coefficient (Wildman–Crippen LogP) is 2.42. The molecule has 0 aromatic heterocycles. The highest BCUT2D eigenvalue weighted by molar-refractivity contribution is 14.1. The Morgan fingerprint density at radius 1 is 1.14 bits per heavy atom. The van der Waals surface area contributed by atoms with E-state index in [2.05, 4.69) is 0 Å². The number of rotatable bonds is 2. The molecule has 0 unspecified atom stereocenters. The maximum absolute atomic E-state index is 10.5. The summed E-state index contributed by atoms with van der Waals surface area (Å²) in [7, 11) is 0. The minimum absolute atomic E-state index is 0.0837. The van der Waals surface area contributed by atoms with Crippen molar-refractivity contribution in [3.05, 3.63) is 41.5 Å². The molecule has 6 nitrogen and oxygen atoms in total. The van der Waals surface area contributed by atoms with E-state index in [4.69, 9.17) is 0 Å². The molecular formula is C7H5IN2O4. The Hall–Kier alpha value is -1.25. The van der Waals surface area contributed by atoms with E-state index >= 15 is 0 Å². The SMILES string of the molecule is Cc1c([N+](=O)[O-])cc(I)cc1[N+](=O)[O-]. The standard InChI is InChI=1S/C7H5IN2O4/c1-4-6(9(11)12)2-5(8)3-7(4)10(13)14/h2-3H,1H3. The molecule has 1 rings (SSSR count). The van der Waals surface area contributed by atoms with E-state index in [1.54, 1.807) is 22.6 Å². The summed E-state index contributed by atoms with van der Waals surface area (Å²) in [4.78, 5) is 19.8. The normalized spacial score (nSPS) is 9.86. The average Bonchev–Trinajstić information content (AvgIpc) is 2.07. The Labute approximate surface area is 92.4 Å². The molecule has 0 atom stereocenters. The Kier molecular flexibility index (Phi) is 2.99. The van der Waals surface area contributed by atoms with Gasteiger partial charge < -0.3 is 0 Å². The summed E-state index contributed by atoms with van der Waals surface area (Å²) in [5.41, 5.74) is -0.354. The lowest BCUT2D eigenvalue weighted by molar-refractivity contribution is -0.395. The van der Waals surface area contributed by atoms with Crippen molar-refractivity contribution in [2.24, 2.45) is 0 Å². The Morgan fingerprint density at radius 2 is 1.50 bits per heavy atom. The molecule has 0 spiro atoms. The number of halogens is 1. The topological polar surface area (TPSA) is 86.3 Å². The molecule has 0 fully saturated rings. The van der Waals surface area contributed by atoms with Crippen LogP contribution in [0.1, 0.15) is 5.56 Å². The summed E-state index contributed by atoms with van der Waals surface area (Å²) >= 11 is 1.81. The number of benzene rings is 1. The minimum Gasteiger partial charge on any atom is -0.258 e. The second-order valence-electron chi connectivity index (χ2n) is 2.58. The van der Waals surface area contributed by atoms with Crippen LogP contribution in [-0.2, 0) is 0 Å². The largest absolute Gasteiger partial charge is 0.280 e. The molecule has 0 aliphatic rings. The first-order valence-corrected chi connectivity index (χ1v) is 4.60. The maximum atomic E-state index is 10.5. The summed E-state index contributed by atoms with van der Waals surface area (Å²) in [5, 5.41) is 21.1. The fourth-order valence-electron chi connectivity index (χ4n) is 1.03. The van der Waals surface area contributed by atoms with Gasteiger partial charge in [0.05, 0.1) is 9.85 Å². The number of nitro groups is 2. The third-order valence-corrected chi connectivity index (χ3v) is 2.33. The van der Waals surface area contributed by atoms with Crippen LogP contribution in [0.5, 0.6) is 0 Å². The summed E-state index contributed by atoms with van der Waals surface area (Å²) in [6, 6.07) is 2.62. The summed E-state index contributed by atoms with van der Waals surface area (Å²) in [5.74, 6) is 0. The van der Waals surface area contributed by atoms with E-state index in [1.807, 2.05) is 0 Å². The van der Waals surface area contributed by atoms with Gasteiger partial charge in [-0.3, -0.25) is 20.2 Å². The molecule has 1 aromatic carbocycles. The molecule has 0 aliphatic heterocycles. The third kappa shape index (κ3) is 1.97. The van der Waals surface area contributed by atoms with Crippen LogP contribution >= 0.6 is 22.6 Å². The first-order valence-electron chi connectivity index (χ1n) is 3.52. The molecule has 0 saturated carbocycles. The second-order valence-corrected chi connectivity index (χ2v) is 3.83. The van der Waals surface area contributed by atoms with Crippen LogP contribution in [0.2, 0.25) is 0 Å². The van der Waals surface area contributed by atoms with Gasteiger partial charge in [-0.25, -0.2) is 0 Å². The van der Waals surface area contributed by atoms with Gasteiger partial charge in [-0.15, -0.1) is 0 Å². The van der Waals surface area contributed by atoms with Crippen molar-refractivity contribution in [1.82, 2.24) is 0 Å². The van der Waals surface area contributed by atoms with Crippen LogP contribution in [0.25, 0.3) is 0 Å². The van der Waals surface area contributed by atoms with Gasteiger partial charge in [-0.1, -0.05) is 0 Å². The fraction of sp³-hybridized carbons (Fsp3) is 0.143. The van der Waals surface area contributed by atoms with Gasteiger partial charge in [-0.2, -0.15) is 0 Å². The summed E-state index contributed by atoms with van der Waals surface area (Å²) in [6.45, 7) is 1.37. The smallest absolute Gasteiger partial charge is 0.258 e. The number of nitro benzene ring substituents is 2. The Balaban J connectivity index is 3.47.